The first-order valence-electron chi connectivity index (χ1n) is 7.44. The molecule has 0 saturated carbocycles. The molecule has 1 heterocycles. The first kappa shape index (κ1) is 15.7. The Bertz CT molecular complexity index is 869. The average molecular weight is 323 g/mol. The standard InChI is InChI=1S/C18H17N3O3/c1-12-5-4-6-16(11-12)24-18(22)17-13(2)21(20-19-17)14-7-9-15(23-3)10-8-14/h4-11H,1-3H3. The number of rotatable bonds is 4. The van der Waals surface area contributed by atoms with Crippen LogP contribution in [-0.2, 0) is 0 Å². The number of nitrogens with zero attached hydrogens (tertiary/aromatic N) is 3. The monoisotopic (exact) mass is 323 g/mol. The molecule has 0 aliphatic heterocycles. The number of hydrogen-bond donors (Lipinski definition) is 0. The highest BCUT2D eigenvalue weighted by atomic mass is 16.5. The fourth-order valence-electron chi connectivity index (χ4n) is 2.32. The first-order chi connectivity index (χ1) is 11.6. The number of carbonyl (C=O) groups is 1. The molecule has 2 aromatic carbocycles. The van der Waals surface area contributed by atoms with Crippen molar-refractivity contribution in [2.75, 3.05) is 7.11 Å². The number of esters is 1. The van der Waals surface area contributed by atoms with Crippen molar-refractivity contribution in [3.8, 4) is 17.2 Å². The van der Waals surface area contributed by atoms with Crippen molar-refractivity contribution in [2.45, 2.75) is 13.8 Å². The smallest absolute Gasteiger partial charge is 0.366 e. The Labute approximate surface area is 139 Å². The van der Waals surface area contributed by atoms with Crippen LogP contribution in [0.5, 0.6) is 11.5 Å². The molecule has 0 fully saturated rings. The van der Waals surface area contributed by atoms with Crippen molar-refractivity contribution in [2.24, 2.45) is 0 Å². The van der Waals surface area contributed by atoms with Crippen LogP contribution in [0, 0.1) is 13.8 Å². The minimum atomic E-state index is -0.530. The molecule has 0 aliphatic rings. The summed E-state index contributed by atoms with van der Waals surface area (Å²) in [6, 6.07) is 14.6. The fraction of sp³-hybridized carbons (Fsp3) is 0.167. The Balaban J connectivity index is 1.84. The van der Waals surface area contributed by atoms with E-state index in [-0.39, 0.29) is 5.69 Å². The number of aryl methyl sites for hydroxylation is 1. The molecular formula is C18H17N3O3. The van der Waals surface area contributed by atoms with Crippen LogP contribution in [0.2, 0.25) is 0 Å². The SMILES string of the molecule is COc1ccc(-n2nnc(C(=O)Oc3cccc(C)c3)c2C)cc1. The van der Waals surface area contributed by atoms with E-state index in [2.05, 4.69) is 10.3 Å². The van der Waals surface area contributed by atoms with Gasteiger partial charge in [-0.15, -0.1) is 5.10 Å². The van der Waals surface area contributed by atoms with Crippen LogP contribution >= 0.6 is 0 Å². The van der Waals surface area contributed by atoms with Crippen LogP contribution in [0.1, 0.15) is 21.7 Å². The molecule has 122 valence electrons. The summed E-state index contributed by atoms with van der Waals surface area (Å²) in [6.45, 7) is 3.71. The Hall–Kier alpha value is -3.15. The van der Waals surface area contributed by atoms with E-state index >= 15 is 0 Å². The van der Waals surface area contributed by atoms with Crippen LogP contribution in [-0.4, -0.2) is 28.1 Å². The van der Waals surface area contributed by atoms with Gasteiger partial charge in [0.1, 0.15) is 11.5 Å². The highest BCUT2D eigenvalue weighted by Gasteiger charge is 2.19. The van der Waals surface area contributed by atoms with E-state index in [9.17, 15) is 4.79 Å². The molecule has 0 spiro atoms. The molecule has 0 unspecified atom stereocenters. The number of carbonyl (C=O) groups excluding carboxylic acids is 1. The van der Waals surface area contributed by atoms with Gasteiger partial charge < -0.3 is 9.47 Å². The summed E-state index contributed by atoms with van der Waals surface area (Å²) in [5, 5.41) is 8.01. The second kappa shape index (κ2) is 6.54. The predicted molar refractivity (Wildman–Crippen MR) is 88.8 cm³/mol. The number of aromatic nitrogens is 3. The van der Waals surface area contributed by atoms with E-state index < -0.39 is 5.97 Å². The van der Waals surface area contributed by atoms with Crippen LogP contribution in [0.15, 0.2) is 48.5 Å². The van der Waals surface area contributed by atoms with E-state index in [4.69, 9.17) is 9.47 Å². The lowest BCUT2D eigenvalue weighted by Crippen LogP contribution is -2.11. The van der Waals surface area contributed by atoms with Crippen molar-refractivity contribution < 1.29 is 14.3 Å². The van der Waals surface area contributed by atoms with Crippen molar-refractivity contribution >= 4 is 5.97 Å². The van der Waals surface area contributed by atoms with E-state index in [0.29, 0.717) is 11.4 Å². The number of benzene rings is 2. The van der Waals surface area contributed by atoms with Gasteiger partial charge in [0.25, 0.3) is 0 Å². The van der Waals surface area contributed by atoms with Crippen molar-refractivity contribution in [3.05, 3.63) is 65.5 Å². The highest BCUT2D eigenvalue weighted by molar-refractivity contribution is 5.90. The van der Waals surface area contributed by atoms with Gasteiger partial charge in [0, 0.05) is 0 Å². The molecule has 0 atom stereocenters. The van der Waals surface area contributed by atoms with Crippen LogP contribution in [0.4, 0.5) is 0 Å². The number of methoxy groups -OCH3 is 1. The van der Waals surface area contributed by atoms with Gasteiger partial charge in [-0.05, 0) is 55.8 Å². The van der Waals surface area contributed by atoms with Crippen LogP contribution in [0.25, 0.3) is 5.69 Å². The molecule has 0 aliphatic carbocycles. The summed E-state index contributed by atoms with van der Waals surface area (Å²) < 4.78 is 12.1. The maximum Gasteiger partial charge on any atom is 0.366 e. The third-order valence-corrected chi connectivity index (χ3v) is 3.61. The Morgan fingerprint density at radius 3 is 2.46 bits per heavy atom. The lowest BCUT2D eigenvalue weighted by molar-refractivity contribution is 0.0727. The normalized spacial score (nSPS) is 10.5. The fourth-order valence-corrected chi connectivity index (χ4v) is 2.32. The molecule has 1 aromatic heterocycles. The van der Waals surface area contributed by atoms with E-state index in [0.717, 1.165) is 17.0 Å². The molecule has 6 heteroatoms. The van der Waals surface area contributed by atoms with E-state index in [1.165, 1.54) is 0 Å². The lowest BCUT2D eigenvalue weighted by atomic mass is 10.2. The van der Waals surface area contributed by atoms with Gasteiger partial charge in [0.15, 0.2) is 5.69 Å². The maximum absolute atomic E-state index is 12.3. The lowest BCUT2D eigenvalue weighted by Gasteiger charge is -2.06. The third-order valence-electron chi connectivity index (χ3n) is 3.61. The summed E-state index contributed by atoms with van der Waals surface area (Å²) in [4.78, 5) is 12.3. The zero-order chi connectivity index (χ0) is 17.1. The molecule has 0 amide bonds. The summed E-state index contributed by atoms with van der Waals surface area (Å²) >= 11 is 0. The zero-order valence-corrected chi connectivity index (χ0v) is 13.7. The molecule has 6 nitrogen and oxygen atoms in total. The van der Waals surface area contributed by atoms with Gasteiger partial charge in [-0.3, -0.25) is 0 Å². The van der Waals surface area contributed by atoms with Crippen molar-refractivity contribution in [1.82, 2.24) is 15.0 Å². The van der Waals surface area contributed by atoms with Gasteiger partial charge in [0.2, 0.25) is 0 Å². The highest BCUT2D eigenvalue weighted by Crippen LogP contribution is 2.18. The second-order valence-electron chi connectivity index (χ2n) is 5.34. The number of hydrogen-bond acceptors (Lipinski definition) is 5. The Kier molecular flexibility index (Phi) is 4.29. The molecule has 0 radical (unpaired) electrons. The van der Waals surface area contributed by atoms with E-state index in [1.54, 1.807) is 30.8 Å². The molecule has 3 aromatic rings. The molecule has 0 saturated heterocycles. The van der Waals surface area contributed by atoms with Gasteiger partial charge in [-0.1, -0.05) is 17.3 Å². The quantitative estimate of drug-likeness (QED) is 0.545. The van der Waals surface area contributed by atoms with Crippen molar-refractivity contribution in [1.29, 1.82) is 0 Å². The zero-order valence-electron chi connectivity index (χ0n) is 13.7. The molecular weight excluding hydrogens is 306 g/mol. The van der Waals surface area contributed by atoms with Crippen LogP contribution < -0.4 is 9.47 Å². The predicted octanol–water partition coefficient (Wildman–Crippen LogP) is 3.11. The van der Waals surface area contributed by atoms with E-state index in [1.807, 2.05) is 43.3 Å². The van der Waals surface area contributed by atoms with Gasteiger partial charge in [0.05, 0.1) is 18.5 Å². The molecule has 24 heavy (non-hydrogen) atoms. The molecule has 0 N–H and O–H groups in total. The molecule has 3 rings (SSSR count). The maximum atomic E-state index is 12.3. The largest absolute Gasteiger partial charge is 0.497 e. The summed E-state index contributed by atoms with van der Waals surface area (Å²) in [6.07, 6.45) is 0. The van der Waals surface area contributed by atoms with Crippen LogP contribution in [0.3, 0.4) is 0 Å². The average Bonchev–Trinajstić information content (AvgIpc) is 2.96. The minimum absolute atomic E-state index is 0.187. The summed E-state index contributed by atoms with van der Waals surface area (Å²) in [5.41, 5.74) is 2.60. The van der Waals surface area contributed by atoms with Gasteiger partial charge >= 0.3 is 5.97 Å². The summed E-state index contributed by atoms with van der Waals surface area (Å²) in [5.74, 6) is 0.701. The van der Waals surface area contributed by atoms with Gasteiger partial charge in [-0.25, -0.2) is 9.48 Å². The second-order valence-corrected chi connectivity index (χ2v) is 5.34. The van der Waals surface area contributed by atoms with Gasteiger partial charge in [-0.2, -0.15) is 0 Å². The first-order valence-corrected chi connectivity index (χ1v) is 7.44. The topological polar surface area (TPSA) is 66.2 Å². The summed E-state index contributed by atoms with van der Waals surface area (Å²) in [7, 11) is 1.61. The Morgan fingerprint density at radius 2 is 1.79 bits per heavy atom. The third kappa shape index (κ3) is 3.12. The minimum Gasteiger partial charge on any atom is -0.497 e. The van der Waals surface area contributed by atoms with Crippen molar-refractivity contribution in [3.63, 3.8) is 0 Å². The molecule has 0 bridgehead atoms. The number of ether oxygens (including phenoxy) is 2. The Morgan fingerprint density at radius 1 is 1.04 bits per heavy atom.